The number of aliphatic carboxylic acids is 1. The van der Waals surface area contributed by atoms with Gasteiger partial charge in [-0.2, -0.15) is 0 Å². The number of imidazole rings is 1. The molecule has 10 heteroatoms. The number of ether oxygens (including phenoxy) is 1. The van der Waals surface area contributed by atoms with Gasteiger partial charge >= 0.3 is 11.7 Å². The van der Waals surface area contributed by atoms with Crippen LogP contribution in [0.4, 0.5) is 0 Å². The maximum Gasteiger partial charge on any atom is 0.332 e. The molecule has 0 bridgehead atoms. The Morgan fingerprint density at radius 1 is 1.20 bits per heavy atom. The molecule has 3 rings (SSSR count). The molecule has 2 aromatic heterocycles. The van der Waals surface area contributed by atoms with Crippen molar-refractivity contribution in [3.05, 3.63) is 50.7 Å². The molecule has 9 nitrogen and oxygen atoms in total. The second-order valence-electron chi connectivity index (χ2n) is 6.88. The summed E-state index contributed by atoms with van der Waals surface area (Å²) in [6, 6.07) is 7.59. The topological polar surface area (TPSA) is 108 Å². The standard InChI is InChI=1S/C20H24N4O5S/c1-5-14(18(26)27)30-19-21-16-15(17(25)23(3)20(28)22(16)2)24(19)11-10-12-6-8-13(29-4)9-7-12/h6-9,14H,5,10-11H2,1-4H3,(H,26,27). The van der Waals surface area contributed by atoms with Crippen LogP contribution in [0.15, 0.2) is 39.0 Å². The number of carboxylic acids is 1. The van der Waals surface area contributed by atoms with Crippen molar-refractivity contribution in [1.82, 2.24) is 18.7 Å². The van der Waals surface area contributed by atoms with E-state index in [9.17, 15) is 19.5 Å². The smallest absolute Gasteiger partial charge is 0.332 e. The van der Waals surface area contributed by atoms with E-state index in [4.69, 9.17) is 4.74 Å². The Kier molecular flexibility index (Phi) is 6.35. The number of rotatable bonds is 8. The van der Waals surface area contributed by atoms with Gasteiger partial charge in [-0.1, -0.05) is 30.8 Å². The number of nitrogens with zero attached hydrogens (tertiary/aromatic N) is 4. The molecular weight excluding hydrogens is 408 g/mol. The lowest BCUT2D eigenvalue weighted by atomic mass is 10.1. The number of thioether (sulfide) groups is 1. The van der Waals surface area contributed by atoms with Crippen molar-refractivity contribution < 1.29 is 14.6 Å². The minimum Gasteiger partial charge on any atom is -0.497 e. The van der Waals surface area contributed by atoms with E-state index in [1.54, 1.807) is 25.6 Å². The quantitative estimate of drug-likeness (QED) is 0.539. The summed E-state index contributed by atoms with van der Waals surface area (Å²) in [5.74, 6) is -0.197. The zero-order chi connectivity index (χ0) is 22.0. The second-order valence-corrected chi connectivity index (χ2v) is 8.04. The number of methoxy groups -OCH3 is 1. The molecule has 2 heterocycles. The zero-order valence-corrected chi connectivity index (χ0v) is 18.1. The normalized spacial score (nSPS) is 12.3. The molecule has 1 unspecified atom stereocenters. The Labute approximate surface area is 176 Å². The molecule has 3 aromatic rings. The van der Waals surface area contributed by atoms with Crippen molar-refractivity contribution in [3.63, 3.8) is 0 Å². The van der Waals surface area contributed by atoms with E-state index in [2.05, 4.69) is 4.98 Å². The van der Waals surface area contributed by atoms with Gasteiger partial charge in [-0.05, 0) is 30.5 Å². The molecule has 0 amide bonds. The Morgan fingerprint density at radius 3 is 2.43 bits per heavy atom. The number of carbonyl (C=O) groups is 1. The third-order valence-electron chi connectivity index (χ3n) is 4.99. The molecule has 160 valence electrons. The van der Waals surface area contributed by atoms with Crippen molar-refractivity contribution in [2.24, 2.45) is 14.1 Å². The van der Waals surface area contributed by atoms with Crippen molar-refractivity contribution >= 4 is 28.9 Å². The summed E-state index contributed by atoms with van der Waals surface area (Å²) in [6.45, 7) is 2.19. The molecule has 0 radical (unpaired) electrons. The fourth-order valence-electron chi connectivity index (χ4n) is 3.19. The van der Waals surface area contributed by atoms with Gasteiger partial charge in [0.05, 0.1) is 7.11 Å². The van der Waals surface area contributed by atoms with Crippen LogP contribution in [-0.4, -0.2) is 42.1 Å². The largest absolute Gasteiger partial charge is 0.497 e. The van der Waals surface area contributed by atoms with E-state index in [0.29, 0.717) is 24.5 Å². The summed E-state index contributed by atoms with van der Waals surface area (Å²) in [5.41, 5.74) is 0.636. The highest BCUT2D eigenvalue weighted by Crippen LogP contribution is 2.28. The predicted octanol–water partition coefficient (Wildman–Crippen LogP) is 1.64. The molecule has 0 saturated carbocycles. The van der Waals surface area contributed by atoms with E-state index in [-0.39, 0.29) is 11.2 Å². The van der Waals surface area contributed by atoms with E-state index in [0.717, 1.165) is 27.6 Å². The fraction of sp³-hybridized carbons (Fsp3) is 0.400. The van der Waals surface area contributed by atoms with Crippen molar-refractivity contribution in [2.75, 3.05) is 7.11 Å². The van der Waals surface area contributed by atoms with Crippen molar-refractivity contribution in [2.45, 2.75) is 36.7 Å². The Hall–Kier alpha value is -3.01. The third-order valence-corrected chi connectivity index (χ3v) is 6.33. The van der Waals surface area contributed by atoms with Crippen LogP contribution in [0.25, 0.3) is 11.2 Å². The Bertz CT molecular complexity index is 1190. The maximum atomic E-state index is 12.9. The molecular formula is C20H24N4O5S. The molecule has 30 heavy (non-hydrogen) atoms. The number of fused-ring (bicyclic) bond motifs is 1. The number of aryl methyl sites for hydroxylation is 3. The molecule has 0 aliphatic rings. The lowest BCUT2D eigenvalue weighted by molar-refractivity contribution is -0.136. The summed E-state index contributed by atoms with van der Waals surface area (Å²) in [5, 5.41) is 9.17. The van der Waals surface area contributed by atoms with Crippen LogP contribution in [0.3, 0.4) is 0 Å². The Balaban J connectivity index is 2.10. The van der Waals surface area contributed by atoms with Crippen LogP contribution in [0.2, 0.25) is 0 Å². The fourth-order valence-corrected chi connectivity index (χ4v) is 4.16. The van der Waals surface area contributed by atoms with Gasteiger partial charge in [-0.25, -0.2) is 9.78 Å². The van der Waals surface area contributed by atoms with E-state index < -0.39 is 22.5 Å². The summed E-state index contributed by atoms with van der Waals surface area (Å²) in [4.78, 5) is 41.2. The van der Waals surface area contributed by atoms with Crippen LogP contribution >= 0.6 is 11.8 Å². The van der Waals surface area contributed by atoms with E-state index in [1.165, 1.54) is 11.6 Å². The minimum absolute atomic E-state index is 0.251. The minimum atomic E-state index is -0.946. The van der Waals surface area contributed by atoms with Gasteiger partial charge in [0.1, 0.15) is 11.0 Å². The molecule has 1 aromatic carbocycles. The molecule has 0 fully saturated rings. The van der Waals surface area contributed by atoms with Crippen LogP contribution < -0.4 is 16.0 Å². The van der Waals surface area contributed by atoms with Crippen LogP contribution in [0, 0.1) is 0 Å². The van der Waals surface area contributed by atoms with Gasteiger partial charge in [0, 0.05) is 20.6 Å². The first-order valence-electron chi connectivity index (χ1n) is 9.47. The van der Waals surface area contributed by atoms with Gasteiger partial charge in [0.2, 0.25) is 0 Å². The van der Waals surface area contributed by atoms with Gasteiger partial charge in [0.25, 0.3) is 5.56 Å². The van der Waals surface area contributed by atoms with Crippen LogP contribution in [0.5, 0.6) is 5.75 Å². The summed E-state index contributed by atoms with van der Waals surface area (Å²) in [6.07, 6.45) is 0.998. The van der Waals surface area contributed by atoms with Gasteiger partial charge < -0.3 is 14.4 Å². The summed E-state index contributed by atoms with van der Waals surface area (Å²) < 4.78 is 9.25. The third kappa shape index (κ3) is 4.00. The lowest BCUT2D eigenvalue weighted by Gasteiger charge is -2.12. The number of hydrogen-bond donors (Lipinski definition) is 1. The predicted molar refractivity (Wildman–Crippen MR) is 114 cm³/mol. The molecule has 1 N–H and O–H groups in total. The lowest BCUT2D eigenvalue weighted by Crippen LogP contribution is -2.37. The van der Waals surface area contributed by atoms with Gasteiger partial charge in [0.15, 0.2) is 16.3 Å². The zero-order valence-electron chi connectivity index (χ0n) is 17.3. The molecule has 0 aliphatic carbocycles. The molecule has 1 atom stereocenters. The highest BCUT2D eigenvalue weighted by molar-refractivity contribution is 8.00. The number of aromatic nitrogens is 4. The average molecular weight is 433 g/mol. The number of benzene rings is 1. The SMILES string of the molecule is CCC(Sc1nc2c(c(=O)n(C)c(=O)n2C)n1CCc1ccc(OC)cc1)C(=O)O. The highest BCUT2D eigenvalue weighted by Gasteiger charge is 2.24. The first-order valence-corrected chi connectivity index (χ1v) is 10.3. The first kappa shape index (κ1) is 21.7. The van der Waals surface area contributed by atoms with Crippen molar-refractivity contribution in [3.8, 4) is 5.75 Å². The second kappa shape index (κ2) is 8.78. The maximum absolute atomic E-state index is 12.9. The number of hydrogen-bond acceptors (Lipinski definition) is 6. The molecule has 0 saturated heterocycles. The summed E-state index contributed by atoms with van der Waals surface area (Å²) >= 11 is 1.09. The average Bonchev–Trinajstić information content (AvgIpc) is 3.11. The molecule has 0 spiro atoms. The Morgan fingerprint density at radius 2 is 1.87 bits per heavy atom. The van der Waals surface area contributed by atoms with E-state index >= 15 is 0 Å². The van der Waals surface area contributed by atoms with Gasteiger partial charge in [-0.15, -0.1) is 0 Å². The van der Waals surface area contributed by atoms with Crippen LogP contribution in [0.1, 0.15) is 18.9 Å². The van der Waals surface area contributed by atoms with E-state index in [1.807, 2.05) is 24.3 Å². The monoisotopic (exact) mass is 432 g/mol. The van der Waals surface area contributed by atoms with Crippen molar-refractivity contribution in [1.29, 1.82) is 0 Å². The van der Waals surface area contributed by atoms with Crippen LogP contribution in [-0.2, 0) is 31.9 Å². The first-order chi connectivity index (χ1) is 14.3. The highest BCUT2D eigenvalue weighted by atomic mass is 32.2. The number of carboxylic acid groups (broad SMARTS) is 1. The van der Waals surface area contributed by atoms with Gasteiger partial charge in [-0.3, -0.25) is 18.7 Å². The molecule has 0 aliphatic heterocycles. The summed E-state index contributed by atoms with van der Waals surface area (Å²) in [7, 11) is 4.57.